The summed E-state index contributed by atoms with van der Waals surface area (Å²) in [4.78, 5) is 0. The van der Waals surface area contributed by atoms with Crippen LogP contribution < -0.4 is 9.47 Å². The smallest absolute Gasteiger partial charge is 0.161 e. The Labute approximate surface area is 171 Å². The van der Waals surface area contributed by atoms with Crippen LogP contribution in [0.4, 0.5) is 4.39 Å². The Morgan fingerprint density at radius 3 is 1.96 bits per heavy atom. The minimum absolute atomic E-state index is 0.105. The van der Waals surface area contributed by atoms with Gasteiger partial charge in [-0.15, -0.1) is 23.2 Å². The summed E-state index contributed by atoms with van der Waals surface area (Å²) in [5.74, 6) is 2.17. The van der Waals surface area contributed by atoms with Crippen molar-refractivity contribution in [2.75, 3.05) is 13.2 Å². The maximum absolute atomic E-state index is 14.1. The second kappa shape index (κ2) is 10.2. The zero-order valence-electron chi connectivity index (χ0n) is 16.3. The van der Waals surface area contributed by atoms with Gasteiger partial charge in [0, 0.05) is 11.4 Å². The molecule has 0 spiro atoms. The van der Waals surface area contributed by atoms with Crippen LogP contribution in [0.3, 0.4) is 0 Å². The molecule has 0 unspecified atom stereocenters. The monoisotopic (exact) mass is 412 g/mol. The predicted molar refractivity (Wildman–Crippen MR) is 112 cm³/mol. The molecule has 0 aliphatic heterocycles. The van der Waals surface area contributed by atoms with Crippen molar-refractivity contribution in [3.63, 3.8) is 0 Å². The highest BCUT2D eigenvalue weighted by Gasteiger charge is 2.14. The summed E-state index contributed by atoms with van der Waals surface area (Å²) in [7, 11) is 0. The van der Waals surface area contributed by atoms with Crippen LogP contribution in [0.1, 0.15) is 38.8 Å². The first kappa shape index (κ1) is 21.8. The summed E-state index contributed by atoms with van der Waals surface area (Å²) in [5, 5.41) is 0. The van der Waals surface area contributed by atoms with E-state index in [1.54, 1.807) is 6.07 Å². The van der Waals surface area contributed by atoms with Crippen LogP contribution in [0, 0.1) is 17.7 Å². The Morgan fingerprint density at radius 2 is 1.41 bits per heavy atom. The maximum atomic E-state index is 14.1. The lowest BCUT2D eigenvalue weighted by molar-refractivity contribution is 0.229. The second-order valence-electron chi connectivity index (χ2n) is 7.44. The number of hydrogen-bond donors (Lipinski definition) is 0. The van der Waals surface area contributed by atoms with Gasteiger partial charge in [0.05, 0.1) is 19.1 Å². The number of rotatable bonds is 9. The molecule has 0 heterocycles. The van der Waals surface area contributed by atoms with Crippen molar-refractivity contribution in [3.05, 3.63) is 47.3 Å². The van der Waals surface area contributed by atoms with E-state index < -0.39 is 0 Å². The lowest BCUT2D eigenvalue weighted by Crippen LogP contribution is -2.09. The third-order valence-electron chi connectivity index (χ3n) is 3.96. The average Bonchev–Trinajstić information content (AvgIpc) is 2.64. The topological polar surface area (TPSA) is 18.5 Å². The molecule has 0 aliphatic carbocycles. The fourth-order valence-corrected chi connectivity index (χ4v) is 2.99. The maximum Gasteiger partial charge on any atom is 0.161 e. The van der Waals surface area contributed by atoms with Gasteiger partial charge in [0.1, 0.15) is 5.82 Å². The van der Waals surface area contributed by atoms with Gasteiger partial charge >= 0.3 is 0 Å². The summed E-state index contributed by atoms with van der Waals surface area (Å²) in [5.41, 5.74) is 2.92. The molecule has 0 aromatic heterocycles. The van der Waals surface area contributed by atoms with E-state index in [4.69, 9.17) is 32.7 Å². The van der Waals surface area contributed by atoms with Crippen molar-refractivity contribution in [2.24, 2.45) is 11.8 Å². The van der Waals surface area contributed by atoms with Gasteiger partial charge in [-0.2, -0.15) is 0 Å². The van der Waals surface area contributed by atoms with Crippen LogP contribution in [-0.4, -0.2) is 13.2 Å². The Bertz CT molecular complexity index is 760. The summed E-state index contributed by atoms with van der Waals surface area (Å²) in [6.45, 7) is 9.58. The standard InChI is InChI=1S/C22H27Cl2FO2/c1-14(2)12-26-21-6-5-16(9-22(21)27-13-15(3)4)19-7-18(11-24)20(25)8-17(19)10-23/h5-9,14-15H,10-13H2,1-4H3. The number of benzene rings is 2. The Balaban J connectivity index is 2.46. The fourth-order valence-electron chi connectivity index (χ4n) is 2.56. The molecule has 27 heavy (non-hydrogen) atoms. The summed E-state index contributed by atoms with van der Waals surface area (Å²) in [6.07, 6.45) is 0. The van der Waals surface area contributed by atoms with Gasteiger partial charge in [-0.05, 0) is 52.8 Å². The predicted octanol–water partition coefficient (Wildman–Crippen LogP) is 7.04. The van der Waals surface area contributed by atoms with Crippen molar-refractivity contribution in [1.82, 2.24) is 0 Å². The Kier molecular flexibility index (Phi) is 8.25. The lowest BCUT2D eigenvalue weighted by Gasteiger charge is -2.17. The van der Waals surface area contributed by atoms with Crippen LogP contribution in [0.2, 0.25) is 0 Å². The number of hydrogen-bond acceptors (Lipinski definition) is 2. The number of ether oxygens (including phenoxy) is 2. The van der Waals surface area contributed by atoms with Crippen LogP contribution in [0.25, 0.3) is 11.1 Å². The first-order valence-electron chi connectivity index (χ1n) is 9.18. The molecule has 0 fully saturated rings. The molecule has 0 saturated carbocycles. The van der Waals surface area contributed by atoms with Gasteiger partial charge in [0.15, 0.2) is 11.5 Å². The average molecular weight is 413 g/mol. The SMILES string of the molecule is CC(C)COc1ccc(-c2cc(CCl)c(F)cc2CCl)cc1OCC(C)C. The van der Waals surface area contributed by atoms with Crippen LogP contribution >= 0.6 is 23.2 Å². The van der Waals surface area contributed by atoms with E-state index in [0.717, 1.165) is 11.1 Å². The quantitative estimate of drug-likeness (QED) is 0.411. The highest BCUT2D eigenvalue weighted by atomic mass is 35.5. The minimum Gasteiger partial charge on any atom is -0.489 e. The molecular weight excluding hydrogens is 386 g/mol. The molecule has 0 saturated heterocycles. The van der Waals surface area contributed by atoms with Crippen molar-refractivity contribution >= 4 is 23.2 Å². The van der Waals surface area contributed by atoms with Crippen molar-refractivity contribution in [2.45, 2.75) is 39.5 Å². The minimum atomic E-state index is -0.336. The van der Waals surface area contributed by atoms with Crippen molar-refractivity contribution in [1.29, 1.82) is 0 Å². The molecule has 148 valence electrons. The Hall–Kier alpha value is -1.45. The molecule has 2 aromatic rings. The molecule has 2 rings (SSSR count). The van der Waals surface area contributed by atoms with Crippen molar-refractivity contribution in [3.8, 4) is 22.6 Å². The molecule has 0 N–H and O–H groups in total. The summed E-state index contributed by atoms with van der Waals surface area (Å²) >= 11 is 11.9. The van der Waals surface area contributed by atoms with Gasteiger partial charge < -0.3 is 9.47 Å². The van der Waals surface area contributed by atoms with E-state index in [0.29, 0.717) is 47.7 Å². The second-order valence-corrected chi connectivity index (χ2v) is 7.97. The zero-order valence-corrected chi connectivity index (χ0v) is 17.8. The van der Waals surface area contributed by atoms with E-state index in [1.165, 1.54) is 6.07 Å². The number of halogens is 3. The highest BCUT2D eigenvalue weighted by Crippen LogP contribution is 2.36. The lowest BCUT2D eigenvalue weighted by atomic mass is 9.97. The van der Waals surface area contributed by atoms with Crippen LogP contribution in [0.15, 0.2) is 30.3 Å². The molecule has 5 heteroatoms. The molecule has 0 aliphatic rings. The largest absolute Gasteiger partial charge is 0.489 e. The van der Waals surface area contributed by atoms with Crippen LogP contribution in [-0.2, 0) is 11.8 Å². The van der Waals surface area contributed by atoms with E-state index in [-0.39, 0.29) is 17.6 Å². The molecule has 2 nitrogen and oxygen atoms in total. The Morgan fingerprint density at radius 1 is 0.815 bits per heavy atom. The first-order chi connectivity index (χ1) is 12.8. The third-order valence-corrected chi connectivity index (χ3v) is 4.54. The zero-order chi connectivity index (χ0) is 20.0. The van der Waals surface area contributed by atoms with Gasteiger partial charge in [-0.25, -0.2) is 4.39 Å². The molecule has 0 atom stereocenters. The molecule has 0 bridgehead atoms. The first-order valence-corrected chi connectivity index (χ1v) is 10.3. The summed E-state index contributed by atoms with van der Waals surface area (Å²) < 4.78 is 26.0. The van der Waals surface area contributed by atoms with Crippen molar-refractivity contribution < 1.29 is 13.9 Å². The van der Waals surface area contributed by atoms with E-state index in [2.05, 4.69) is 27.7 Å². The van der Waals surface area contributed by atoms with Gasteiger partial charge in [-0.3, -0.25) is 0 Å². The normalized spacial score (nSPS) is 11.3. The fraction of sp³-hybridized carbons (Fsp3) is 0.455. The van der Waals surface area contributed by atoms with Crippen LogP contribution in [0.5, 0.6) is 11.5 Å². The van der Waals surface area contributed by atoms with E-state index >= 15 is 0 Å². The van der Waals surface area contributed by atoms with Gasteiger partial charge in [0.2, 0.25) is 0 Å². The molecule has 2 aromatic carbocycles. The molecule has 0 amide bonds. The highest BCUT2D eigenvalue weighted by molar-refractivity contribution is 6.18. The third kappa shape index (κ3) is 6.02. The van der Waals surface area contributed by atoms with E-state index in [1.807, 2.05) is 18.2 Å². The number of alkyl halides is 2. The van der Waals surface area contributed by atoms with E-state index in [9.17, 15) is 4.39 Å². The molecule has 0 radical (unpaired) electrons. The molecular formula is C22H27Cl2FO2. The van der Waals surface area contributed by atoms with Gasteiger partial charge in [-0.1, -0.05) is 33.8 Å². The van der Waals surface area contributed by atoms with Gasteiger partial charge in [0.25, 0.3) is 0 Å². The summed E-state index contributed by atoms with van der Waals surface area (Å²) in [6, 6.07) is 8.99.